The summed E-state index contributed by atoms with van der Waals surface area (Å²) in [6.07, 6.45) is 12.5. The number of aromatic amines is 1. The summed E-state index contributed by atoms with van der Waals surface area (Å²) in [7, 11) is 0. The van der Waals surface area contributed by atoms with Gasteiger partial charge in [0.05, 0.1) is 11.7 Å². The van der Waals surface area contributed by atoms with Crippen LogP contribution in [-0.2, 0) is 6.54 Å². The molecule has 1 atom stereocenters. The van der Waals surface area contributed by atoms with Crippen LogP contribution in [0.5, 0.6) is 0 Å². The molecule has 0 spiro atoms. The zero-order valence-corrected chi connectivity index (χ0v) is 19.3. The van der Waals surface area contributed by atoms with Gasteiger partial charge < -0.3 is 19.6 Å². The van der Waals surface area contributed by atoms with Crippen LogP contribution in [0.4, 0.5) is 16.0 Å². The van der Waals surface area contributed by atoms with Gasteiger partial charge in [-0.3, -0.25) is 0 Å². The molecular formula is C27H26FN7. The van der Waals surface area contributed by atoms with Crippen LogP contribution >= 0.6 is 0 Å². The lowest BCUT2D eigenvalue weighted by Gasteiger charge is -2.24. The van der Waals surface area contributed by atoms with Crippen molar-refractivity contribution in [3.63, 3.8) is 0 Å². The Kier molecular flexibility index (Phi) is 4.72. The highest BCUT2D eigenvalue weighted by Gasteiger charge is 2.30. The van der Waals surface area contributed by atoms with Gasteiger partial charge in [0.25, 0.3) is 0 Å². The molecule has 5 heterocycles. The Morgan fingerprint density at radius 3 is 2.91 bits per heavy atom. The van der Waals surface area contributed by atoms with Gasteiger partial charge in [-0.25, -0.2) is 19.3 Å². The highest BCUT2D eigenvalue weighted by Crippen LogP contribution is 2.40. The van der Waals surface area contributed by atoms with Crippen LogP contribution in [-0.4, -0.2) is 30.9 Å². The van der Waals surface area contributed by atoms with E-state index < -0.39 is 0 Å². The summed E-state index contributed by atoms with van der Waals surface area (Å²) in [6, 6.07) is 11.8. The van der Waals surface area contributed by atoms with Crippen molar-refractivity contribution in [2.24, 2.45) is 0 Å². The molecule has 5 aromatic rings. The second-order valence-corrected chi connectivity index (χ2v) is 9.64. The Morgan fingerprint density at radius 2 is 2.00 bits per heavy atom. The Hall–Kier alpha value is -3.94. The number of fused-ring (bicyclic) bond motifs is 2. The normalized spacial score (nSPS) is 18.1. The van der Waals surface area contributed by atoms with Gasteiger partial charge >= 0.3 is 0 Å². The summed E-state index contributed by atoms with van der Waals surface area (Å²) in [5.74, 6) is 2.03. The maximum atomic E-state index is 14.5. The second-order valence-electron chi connectivity index (χ2n) is 9.64. The highest BCUT2D eigenvalue weighted by atomic mass is 19.1. The summed E-state index contributed by atoms with van der Waals surface area (Å²) in [5, 5.41) is 4.26. The number of nitrogens with one attached hydrogen (secondary N) is 2. The van der Waals surface area contributed by atoms with E-state index in [2.05, 4.69) is 54.1 Å². The molecule has 1 aliphatic carbocycles. The Bertz CT molecular complexity index is 1530. The van der Waals surface area contributed by atoms with Crippen molar-refractivity contribution in [3.8, 4) is 0 Å². The van der Waals surface area contributed by atoms with E-state index in [1.165, 1.54) is 24.5 Å². The summed E-state index contributed by atoms with van der Waals surface area (Å²) in [5.41, 5.74) is 4.87. The minimum absolute atomic E-state index is 0.176. The lowest BCUT2D eigenvalue weighted by atomic mass is 10.1. The van der Waals surface area contributed by atoms with E-state index in [0.717, 1.165) is 53.4 Å². The quantitative estimate of drug-likeness (QED) is 0.341. The summed E-state index contributed by atoms with van der Waals surface area (Å²) in [4.78, 5) is 19.2. The maximum absolute atomic E-state index is 14.5. The minimum Gasteiger partial charge on any atom is -0.366 e. The molecule has 0 amide bonds. The molecule has 1 aliphatic heterocycles. The van der Waals surface area contributed by atoms with Gasteiger partial charge in [0.1, 0.15) is 29.4 Å². The van der Waals surface area contributed by atoms with Crippen LogP contribution in [0.25, 0.3) is 16.6 Å². The predicted molar refractivity (Wildman–Crippen MR) is 134 cm³/mol. The molecule has 7 nitrogen and oxygen atoms in total. The lowest BCUT2D eigenvalue weighted by molar-refractivity contribution is 0.614. The average Bonchev–Trinajstić information content (AvgIpc) is 3.26. The zero-order chi connectivity index (χ0) is 23.4. The number of pyridine rings is 1. The molecule has 7 rings (SSSR count). The Morgan fingerprint density at radius 1 is 1.06 bits per heavy atom. The van der Waals surface area contributed by atoms with Crippen molar-refractivity contribution in [2.75, 3.05) is 16.8 Å². The molecule has 176 valence electrons. The van der Waals surface area contributed by atoms with E-state index in [9.17, 15) is 4.39 Å². The molecule has 2 fully saturated rings. The van der Waals surface area contributed by atoms with E-state index in [4.69, 9.17) is 4.98 Å². The number of aromatic nitrogens is 5. The molecule has 2 N–H and O–H groups in total. The van der Waals surface area contributed by atoms with Crippen LogP contribution in [0.1, 0.15) is 54.5 Å². The number of rotatable bonds is 6. The Labute approximate surface area is 202 Å². The first-order valence-corrected chi connectivity index (χ1v) is 12.3. The Balaban J connectivity index is 1.12. The van der Waals surface area contributed by atoms with E-state index >= 15 is 0 Å². The van der Waals surface area contributed by atoms with Crippen molar-refractivity contribution in [2.45, 2.75) is 44.2 Å². The van der Waals surface area contributed by atoms with Crippen LogP contribution in [0.3, 0.4) is 0 Å². The third-order valence-corrected chi connectivity index (χ3v) is 7.26. The van der Waals surface area contributed by atoms with Gasteiger partial charge in [0.2, 0.25) is 0 Å². The van der Waals surface area contributed by atoms with Gasteiger partial charge in [-0.1, -0.05) is 6.07 Å². The second kappa shape index (κ2) is 8.08. The number of nitrogens with zero attached hydrogens (tertiary/aromatic N) is 5. The molecule has 1 saturated heterocycles. The van der Waals surface area contributed by atoms with Crippen molar-refractivity contribution in [1.82, 2.24) is 24.3 Å². The molecule has 35 heavy (non-hydrogen) atoms. The van der Waals surface area contributed by atoms with Crippen LogP contribution < -0.4 is 10.2 Å². The first-order valence-electron chi connectivity index (χ1n) is 12.3. The van der Waals surface area contributed by atoms with E-state index in [1.807, 2.05) is 24.4 Å². The molecule has 0 radical (unpaired) electrons. The molecule has 1 saturated carbocycles. The van der Waals surface area contributed by atoms with E-state index in [-0.39, 0.29) is 11.9 Å². The SMILES string of the molecule is Fc1cc2[nH]ccc2cc1CNc1cc(N2CCC[C@@H]2c2cn3cc(C4CC4)ccc3n2)ncn1. The van der Waals surface area contributed by atoms with Gasteiger partial charge in [0.15, 0.2) is 0 Å². The molecular weight excluding hydrogens is 441 g/mol. The van der Waals surface area contributed by atoms with Crippen molar-refractivity contribution >= 4 is 28.2 Å². The smallest absolute Gasteiger partial charge is 0.137 e. The third kappa shape index (κ3) is 3.79. The van der Waals surface area contributed by atoms with Crippen LogP contribution in [0.2, 0.25) is 0 Å². The zero-order valence-electron chi connectivity index (χ0n) is 19.3. The van der Waals surface area contributed by atoms with Gasteiger partial charge in [0, 0.05) is 48.8 Å². The van der Waals surface area contributed by atoms with Gasteiger partial charge in [-0.15, -0.1) is 0 Å². The highest BCUT2D eigenvalue weighted by molar-refractivity contribution is 5.80. The maximum Gasteiger partial charge on any atom is 0.137 e. The fourth-order valence-electron chi connectivity index (χ4n) is 5.24. The fourth-order valence-corrected chi connectivity index (χ4v) is 5.24. The standard InChI is InChI=1S/C27H26FN7/c28-21-11-22-18(7-8-29-22)10-20(21)13-30-25-12-27(32-16-31-25)35-9-1-2-24(35)23-15-34-14-19(17-3-4-17)5-6-26(34)33-23/h5-8,10-12,14-17,24,29H,1-4,9,13H2,(H,30,31,32)/t24-/m1/s1. The number of hydrogen-bond acceptors (Lipinski definition) is 5. The van der Waals surface area contributed by atoms with Crippen LogP contribution in [0.15, 0.2) is 61.3 Å². The monoisotopic (exact) mass is 467 g/mol. The molecule has 1 aromatic carbocycles. The predicted octanol–water partition coefficient (Wildman–Crippen LogP) is 5.58. The molecule has 8 heteroatoms. The number of benzene rings is 1. The largest absolute Gasteiger partial charge is 0.366 e. The molecule has 4 aromatic heterocycles. The number of halogens is 1. The van der Waals surface area contributed by atoms with Crippen molar-refractivity contribution < 1.29 is 4.39 Å². The third-order valence-electron chi connectivity index (χ3n) is 7.26. The van der Waals surface area contributed by atoms with Gasteiger partial charge in [-0.2, -0.15) is 0 Å². The summed E-state index contributed by atoms with van der Waals surface area (Å²) < 4.78 is 16.7. The first-order chi connectivity index (χ1) is 17.2. The van der Waals surface area contributed by atoms with Crippen LogP contribution in [0, 0.1) is 5.82 Å². The first kappa shape index (κ1) is 20.4. The van der Waals surface area contributed by atoms with Crippen molar-refractivity contribution in [3.05, 3.63) is 84.0 Å². The average molecular weight is 468 g/mol. The van der Waals surface area contributed by atoms with Crippen molar-refractivity contribution in [1.29, 1.82) is 0 Å². The van der Waals surface area contributed by atoms with E-state index in [1.54, 1.807) is 6.33 Å². The lowest BCUT2D eigenvalue weighted by Crippen LogP contribution is -2.24. The van der Waals surface area contributed by atoms with E-state index in [0.29, 0.717) is 17.9 Å². The molecule has 2 aliphatic rings. The fraction of sp³-hybridized carbons (Fsp3) is 0.296. The number of anilines is 2. The van der Waals surface area contributed by atoms with Gasteiger partial charge in [-0.05, 0) is 66.8 Å². The number of H-pyrrole nitrogens is 1. The molecule has 0 unspecified atom stereocenters. The minimum atomic E-state index is -0.238. The molecule has 0 bridgehead atoms. The number of imidazole rings is 1. The number of hydrogen-bond donors (Lipinski definition) is 2. The summed E-state index contributed by atoms with van der Waals surface area (Å²) >= 11 is 0. The summed E-state index contributed by atoms with van der Waals surface area (Å²) in [6.45, 7) is 1.27. The topological polar surface area (TPSA) is 74.1 Å².